The molecule has 0 aliphatic carbocycles. The molecular weight excluding hydrogens is 266 g/mol. The zero-order chi connectivity index (χ0) is 15.4. The Balaban J connectivity index is 2.30. The molecule has 0 fully saturated rings. The second-order valence-corrected chi connectivity index (χ2v) is 4.89. The first kappa shape index (κ1) is 14.9. The number of nitrogens with zero attached hydrogens (tertiary/aromatic N) is 3. The van der Waals surface area contributed by atoms with Gasteiger partial charge < -0.3 is 20.7 Å². The number of aryl methyl sites for hydroxylation is 1. The number of nitrogens with two attached hydrogens (primary N) is 1. The number of anilines is 4. The van der Waals surface area contributed by atoms with E-state index >= 15 is 0 Å². The molecule has 0 radical (unpaired) electrons. The Morgan fingerprint density at radius 2 is 2.05 bits per heavy atom. The molecular formula is C15H21N5O. The minimum atomic E-state index is 0.398. The van der Waals surface area contributed by atoms with Crippen LogP contribution in [0.2, 0.25) is 0 Å². The van der Waals surface area contributed by atoms with Gasteiger partial charge in [0.05, 0.1) is 6.61 Å². The van der Waals surface area contributed by atoms with E-state index in [4.69, 9.17) is 10.5 Å². The Morgan fingerprint density at radius 1 is 1.29 bits per heavy atom. The molecule has 6 nitrogen and oxygen atoms in total. The van der Waals surface area contributed by atoms with Crippen LogP contribution in [0.4, 0.5) is 22.9 Å². The van der Waals surface area contributed by atoms with Crippen LogP contribution in [0.25, 0.3) is 0 Å². The van der Waals surface area contributed by atoms with E-state index in [9.17, 15) is 0 Å². The van der Waals surface area contributed by atoms with Gasteiger partial charge in [0.25, 0.3) is 0 Å². The van der Waals surface area contributed by atoms with Gasteiger partial charge >= 0.3 is 0 Å². The molecule has 1 heterocycles. The van der Waals surface area contributed by atoms with Crippen molar-refractivity contribution in [3.63, 3.8) is 0 Å². The maximum Gasteiger partial charge on any atom is 0.242 e. The Bertz CT molecular complexity index is 627. The highest BCUT2D eigenvalue weighted by Gasteiger charge is 2.10. The van der Waals surface area contributed by atoms with Crippen molar-refractivity contribution in [2.24, 2.45) is 0 Å². The third-order valence-electron chi connectivity index (χ3n) is 3.08. The summed E-state index contributed by atoms with van der Waals surface area (Å²) in [6, 6.07) is 6.10. The number of nitrogen functional groups attached to an aromatic ring is 1. The third-order valence-corrected chi connectivity index (χ3v) is 3.08. The molecule has 112 valence electrons. The smallest absolute Gasteiger partial charge is 0.242 e. The summed E-state index contributed by atoms with van der Waals surface area (Å²) >= 11 is 0. The molecule has 0 spiro atoms. The van der Waals surface area contributed by atoms with Gasteiger partial charge in [-0.25, -0.2) is 4.98 Å². The van der Waals surface area contributed by atoms with Gasteiger partial charge in [-0.3, -0.25) is 0 Å². The fourth-order valence-electron chi connectivity index (χ4n) is 2.04. The van der Waals surface area contributed by atoms with Crippen molar-refractivity contribution in [1.29, 1.82) is 0 Å². The minimum Gasteiger partial charge on any atom is -0.476 e. The van der Waals surface area contributed by atoms with E-state index in [0.29, 0.717) is 24.0 Å². The Morgan fingerprint density at radius 3 is 2.71 bits per heavy atom. The summed E-state index contributed by atoms with van der Waals surface area (Å²) in [5.74, 6) is 0.942. The standard InChI is InChI=1S/C15H21N5O/c1-5-21-15-13(16)14(17-9-18-15)19-11-7-6-10(2)12(8-11)20(3)4/h6-9H,5,16H2,1-4H3,(H,17,18,19). The number of benzene rings is 1. The first-order chi connectivity index (χ1) is 10.0. The molecule has 3 N–H and O–H groups in total. The molecule has 0 aliphatic heterocycles. The second-order valence-electron chi connectivity index (χ2n) is 4.89. The number of rotatable bonds is 5. The van der Waals surface area contributed by atoms with Crippen LogP contribution in [-0.2, 0) is 0 Å². The van der Waals surface area contributed by atoms with Crippen molar-refractivity contribution in [2.45, 2.75) is 13.8 Å². The maximum absolute atomic E-state index is 6.02. The normalized spacial score (nSPS) is 10.3. The van der Waals surface area contributed by atoms with Crippen molar-refractivity contribution in [3.8, 4) is 5.88 Å². The number of ether oxygens (including phenoxy) is 1. The fraction of sp³-hybridized carbons (Fsp3) is 0.333. The van der Waals surface area contributed by atoms with Crippen LogP contribution in [0.1, 0.15) is 12.5 Å². The van der Waals surface area contributed by atoms with E-state index < -0.39 is 0 Å². The molecule has 2 rings (SSSR count). The predicted molar refractivity (Wildman–Crippen MR) is 86.4 cm³/mol. The van der Waals surface area contributed by atoms with E-state index in [-0.39, 0.29) is 0 Å². The molecule has 0 amide bonds. The molecule has 1 aromatic carbocycles. The van der Waals surface area contributed by atoms with Crippen LogP contribution in [0.3, 0.4) is 0 Å². The summed E-state index contributed by atoms with van der Waals surface area (Å²) in [4.78, 5) is 10.3. The lowest BCUT2D eigenvalue weighted by atomic mass is 10.1. The zero-order valence-corrected chi connectivity index (χ0v) is 12.8. The molecule has 21 heavy (non-hydrogen) atoms. The van der Waals surface area contributed by atoms with Crippen LogP contribution < -0.4 is 20.7 Å². The van der Waals surface area contributed by atoms with E-state index in [2.05, 4.69) is 39.2 Å². The van der Waals surface area contributed by atoms with Gasteiger partial charge in [0.15, 0.2) is 5.82 Å². The fourth-order valence-corrected chi connectivity index (χ4v) is 2.04. The van der Waals surface area contributed by atoms with Crippen molar-refractivity contribution < 1.29 is 4.74 Å². The average Bonchev–Trinajstić information content (AvgIpc) is 2.45. The molecule has 1 aromatic heterocycles. The molecule has 0 atom stereocenters. The summed E-state index contributed by atoms with van der Waals surface area (Å²) < 4.78 is 5.37. The van der Waals surface area contributed by atoms with Crippen LogP contribution in [0, 0.1) is 6.92 Å². The minimum absolute atomic E-state index is 0.398. The number of hydrogen-bond acceptors (Lipinski definition) is 6. The van der Waals surface area contributed by atoms with Gasteiger partial charge in [0, 0.05) is 25.5 Å². The lowest BCUT2D eigenvalue weighted by Gasteiger charge is -2.18. The average molecular weight is 287 g/mol. The van der Waals surface area contributed by atoms with E-state index in [0.717, 1.165) is 11.4 Å². The molecule has 2 aromatic rings. The highest BCUT2D eigenvalue weighted by atomic mass is 16.5. The lowest BCUT2D eigenvalue weighted by molar-refractivity contribution is 0.328. The Labute approximate surface area is 125 Å². The second kappa shape index (κ2) is 6.30. The monoisotopic (exact) mass is 287 g/mol. The van der Waals surface area contributed by atoms with E-state index in [1.165, 1.54) is 11.9 Å². The molecule has 0 bridgehead atoms. The molecule has 0 saturated carbocycles. The summed E-state index contributed by atoms with van der Waals surface area (Å²) in [5, 5.41) is 3.21. The Hall–Kier alpha value is -2.50. The van der Waals surface area contributed by atoms with Crippen molar-refractivity contribution in [3.05, 3.63) is 30.1 Å². The van der Waals surface area contributed by atoms with Gasteiger partial charge in [0.2, 0.25) is 5.88 Å². The number of nitrogens with one attached hydrogen (secondary N) is 1. The summed E-state index contributed by atoms with van der Waals surface area (Å²) in [6.07, 6.45) is 1.44. The summed E-state index contributed by atoms with van der Waals surface area (Å²) in [5.41, 5.74) is 9.69. The van der Waals surface area contributed by atoms with Gasteiger partial charge in [0.1, 0.15) is 12.0 Å². The summed E-state index contributed by atoms with van der Waals surface area (Å²) in [6.45, 7) is 4.47. The largest absolute Gasteiger partial charge is 0.476 e. The molecule has 6 heteroatoms. The van der Waals surface area contributed by atoms with E-state index in [1.54, 1.807) is 0 Å². The van der Waals surface area contributed by atoms with Crippen LogP contribution in [0.5, 0.6) is 5.88 Å². The zero-order valence-electron chi connectivity index (χ0n) is 12.8. The first-order valence-corrected chi connectivity index (χ1v) is 6.81. The first-order valence-electron chi connectivity index (χ1n) is 6.81. The van der Waals surface area contributed by atoms with Crippen LogP contribution >= 0.6 is 0 Å². The maximum atomic E-state index is 6.02. The van der Waals surface area contributed by atoms with Crippen LogP contribution in [0.15, 0.2) is 24.5 Å². The Kier molecular flexibility index (Phi) is 4.47. The molecule has 0 aliphatic rings. The molecule has 0 saturated heterocycles. The van der Waals surface area contributed by atoms with Crippen LogP contribution in [-0.4, -0.2) is 30.7 Å². The highest BCUT2D eigenvalue weighted by molar-refractivity contribution is 5.74. The SMILES string of the molecule is CCOc1ncnc(Nc2ccc(C)c(N(C)C)c2)c1N. The summed E-state index contributed by atoms with van der Waals surface area (Å²) in [7, 11) is 4.02. The molecule has 0 unspecified atom stereocenters. The topological polar surface area (TPSA) is 76.3 Å². The quantitative estimate of drug-likeness (QED) is 0.880. The van der Waals surface area contributed by atoms with Crippen molar-refractivity contribution in [1.82, 2.24) is 9.97 Å². The van der Waals surface area contributed by atoms with Gasteiger partial charge in [-0.15, -0.1) is 0 Å². The van der Waals surface area contributed by atoms with Gasteiger partial charge in [-0.1, -0.05) is 6.07 Å². The highest BCUT2D eigenvalue weighted by Crippen LogP contribution is 2.29. The third kappa shape index (κ3) is 3.34. The van der Waals surface area contributed by atoms with Crippen molar-refractivity contribution in [2.75, 3.05) is 36.7 Å². The van der Waals surface area contributed by atoms with E-state index in [1.807, 2.05) is 27.1 Å². The van der Waals surface area contributed by atoms with Gasteiger partial charge in [-0.2, -0.15) is 4.98 Å². The number of hydrogen-bond donors (Lipinski definition) is 2. The van der Waals surface area contributed by atoms with Gasteiger partial charge in [-0.05, 0) is 31.5 Å². The predicted octanol–water partition coefficient (Wildman–Crippen LogP) is 2.58. The lowest BCUT2D eigenvalue weighted by Crippen LogP contribution is -2.11. The van der Waals surface area contributed by atoms with Crippen molar-refractivity contribution >= 4 is 22.9 Å². The number of aromatic nitrogens is 2.